The number of aliphatic hydroxyl groups excluding tert-OH is 1. The molecular weight excluding hydrogens is 221 g/mol. The highest BCUT2D eigenvalue weighted by Crippen LogP contribution is 2.22. The van der Waals surface area contributed by atoms with E-state index in [0.717, 1.165) is 0 Å². The number of imidazole rings is 1. The van der Waals surface area contributed by atoms with E-state index in [-0.39, 0.29) is 5.82 Å². The van der Waals surface area contributed by atoms with Crippen molar-refractivity contribution in [1.29, 1.82) is 0 Å². The Labute approximate surface area is 88.9 Å². The number of para-hydroxylation sites is 2. The quantitative estimate of drug-likeness (QED) is 0.829. The van der Waals surface area contributed by atoms with Gasteiger partial charge in [0.2, 0.25) is 0 Å². The molecule has 2 rings (SSSR count). The minimum Gasteiger partial charge on any atom is -0.383 e. The summed E-state index contributed by atoms with van der Waals surface area (Å²) in [6.45, 7) is 0. The van der Waals surface area contributed by atoms with Crippen molar-refractivity contribution in [2.75, 3.05) is 0 Å². The lowest BCUT2D eigenvalue weighted by molar-refractivity contribution is -0.203. The fourth-order valence-corrected chi connectivity index (χ4v) is 1.40. The maximum absolute atomic E-state index is 12.1. The third-order valence-corrected chi connectivity index (χ3v) is 2.20. The number of nitrogens with zero attached hydrogens (tertiary/aromatic N) is 1. The van der Waals surface area contributed by atoms with Gasteiger partial charge in [-0.25, -0.2) is 4.98 Å². The predicted octanol–water partition coefficient (Wildman–Crippen LogP) is 2.03. The average Bonchev–Trinajstić information content (AvgIpc) is 2.58. The molecule has 2 aromatic rings. The molecule has 16 heavy (non-hydrogen) atoms. The van der Waals surface area contributed by atoms with Gasteiger partial charge < -0.3 is 10.1 Å². The first-order chi connectivity index (χ1) is 7.47. The van der Waals surface area contributed by atoms with E-state index in [1.54, 1.807) is 24.3 Å². The fraction of sp³-hybridized carbons (Fsp3) is 0.300. The first kappa shape index (κ1) is 10.9. The Morgan fingerprint density at radius 2 is 2.00 bits per heavy atom. The third-order valence-electron chi connectivity index (χ3n) is 2.20. The summed E-state index contributed by atoms with van der Waals surface area (Å²) in [7, 11) is 0. The van der Waals surface area contributed by atoms with E-state index < -0.39 is 18.7 Å². The number of aromatic nitrogens is 2. The number of aromatic amines is 1. The molecule has 3 nitrogen and oxygen atoms in total. The highest BCUT2D eigenvalue weighted by Gasteiger charge is 2.38. The highest BCUT2D eigenvalue weighted by atomic mass is 19.4. The molecule has 0 amide bonds. The number of fused-ring (bicyclic) bond motifs is 1. The van der Waals surface area contributed by atoms with Crippen LogP contribution in [0.1, 0.15) is 5.82 Å². The van der Waals surface area contributed by atoms with Crippen LogP contribution in [0, 0.1) is 0 Å². The maximum Gasteiger partial charge on any atom is 0.414 e. The van der Waals surface area contributed by atoms with Crippen molar-refractivity contribution in [3.05, 3.63) is 30.1 Å². The van der Waals surface area contributed by atoms with E-state index in [1.807, 2.05) is 0 Å². The molecule has 0 radical (unpaired) electrons. The lowest BCUT2D eigenvalue weighted by Crippen LogP contribution is -2.30. The van der Waals surface area contributed by atoms with Gasteiger partial charge >= 0.3 is 6.18 Å². The lowest BCUT2D eigenvalue weighted by Gasteiger charge is -2.12. The SMILES string of the molecule is OC(Cc1nc2ccccc2[nH]1)C(F)(F)F. The molecule has 2 N–H and O–H groups in total. The molecule has 1 aromatic carbocycles. The number of alkyl halides is 3. The Kier molecular flexibility index (Phi) is 2.59. The van der Waals surface area contributed by atoms with Gasteiger partial charge in [0.25, 0.3) is 0 Å². The molecule has 1 atom stereocenters. The maximum atomic E-state index is 12.1. The van der Waals surface area contributed by atoms with Gasteiger partial charge in [-0.3, -0.25) is 0 Å². The predicted molar refractivity (Wildman–Crippen MR) is 51.9 cm³/mol. The number of H-pyrrole nitrogens is 1. The number of hydrogen-bond acceptors (Lipinski definition) is 2. The smallest absolute Gasteiger partial charge is 0.383 e. The third kappa shape index (κ3) is 2.16. The minimum absolute atomic E-state index is 0.131. The van der Waals surface area contributed by atoms with Crippen LogP contribution in [0.15, 0.2) is 24.3 Å². The number of benzene rings is 1. The Morgan fingerprint density at radius 1 is 1.31 bits per heavy atom. The van der Waals surface area contributed by atoms with Crippen LogP contribution in [0.5, 0.6) is 0 Å². The molecular formula is C10H9F3N2O. The summed E-state index contributed by atoms with van der Waals surface area (Å²) in [5.41, 5.74) is 1.25. The zero-order valence-electron chi connectivity index (χ0n) is 8.12. The van der Waals surface area contributed by atoms with E-state index in [0.29, 0.717) is 11.0 Å². The van der Waals surface area contributed by atoms with Crippen LogP contribution in [-0.4, -0.2) is 27.4 Å². The van der Waals surface area contributed by atoms with Crippen molar-refractivity contribution in [3.8, 4) is 0 Å². The second-order valence-electron chi connectivity index (χ2n) is 3.46. The number of nitrogens with one attached hydrogen (secondary N) is 1. The Bertz CT molecular complexity index is 459. The molecule has 0 fully saturated rings. The van der Waals surface area contributed by atoms with Crippen molar-refractivity contribution in [1.82, 2.24) is 9.97 Å². The van der Waals surface area contributed by atoms with Crippen LogP contribution in [-0.2, 0) is 6.42 Å². The van der Waals surface area contributed by atoms with Crippen LogP contribution < -0.4 is 0 Å². The summed E-state index contributed by atoms with van der Waals surface area (Å²) >= 11 is 0. The van der Waals surface area contributed by atoms with Crippen LogP contribution in [0.3, 0.4) is 0 Å². The van der Waals surface area contributed by atoms with Crippen LogP contribution >= 0.6 is 0 Å². The second kappa shape index (κ2) is 3.79. The van der Waals surface area contributed by atoms with Crippen molar-refractivity contribution in [3.63, 3.8) is 0 Å². The minimum atomic E-state index is -4.61. The summed E-state index contributed by atoms with van der Waals surface area (Å²) in [5, 5.41) is 8.88. The van der Waals surface area contributed by atoms with Crippen molar-refractivity contribution >= 4 is 11.0 Å². The largest absolute Gasteiger partial charge is 0.414 e. The summed E-state index contributed by atoms with van der Waals surface area (Å²) < 4.78 is 36.3. The van der Waals surface area contributed by atoms with E-state index in [2.05, 4.69) is 9.97 Å². The van der Waals surface area contributed by atoms with Crippen molar-refractivity contribution in [2.45, 2.75) is 18.7 Å². The number of halogens is 3. The van der Waals surface area contributed by atoms with Crippen molar-refractivity contribution < 1.29 is 18.3 Å². The number of rotatable bonds is 2. The van der Waals surface area contributed by atoms with E-state index >= 15 is 0 Å². The molecule has 0 spiro atoms. The van der Waals surface area contributed by atoms with Gasteiger partial charge in [0.1, 0.15) is 5.82 Å². The van der Waals surface area contributed by atoms with Crippen LogP contribution in [0.4, 0.5) is 13.2 Å². The standard InChI is InChI=1S/C10H9F3N2O/c11-10(12,13)8(16)5-9-14-6-3-1-2-4-7(6)15-9/h1-4,8,16H,5H2,(H,14,15). The topological polar surface area (TPSA) is 48.9 Å². The molecule has 86 valence electrons. The van der Waals surface area contributed by atoms with E-state index in [1.165, 1.54) is 0 Å². The van der Waals surface area contributed by atoms with Gasteiger partial charge in [0.15, 0.2) is 6.10 Å². The van der Waals surface area contributed by atoms with Crippen LogP contribution in [0.25, 0.3) is 11.0 Å². The van der Waals surface area contributed by atoms with Crippen LogP contribution in [0.2, 0.25) is 0 Å². The molecule has 0 bridgehead atoms. The number of aliphatic hydroxyl groups is 1. The second-order valence-corrected chi connectivity index (χ2v) is 3.46. The van der Waals surface area contributed by atoms with Gasteiger partial charge in [-0.05, 0) is 12.1 Å². The fourth-order valence-electron chi connectivity index (χ4n) is 1.40. The van der Waals surface area contributed by atoms with Gasteiger partial charge in [-0.2, -0.15) is 13.2 Å². The van der Waals surface area contributed by atoms with Gasteiger partial charge in [-0.1, -0.05) is 12.1 Å². The Morgan fingerprint density at radius 3 is 2.62 bits per heavy atom. The first-order valence-corrected chi connectivity index (χ1v) is 4.65. The van der Waals surface area contributed by atoms with E-state index in [9.17, 15) is 13.2 Å². The molecule has 1 aromatic heterocycles. The summed E-state index contributed by atoms with van der Waals surface area (Å²) in [4.78, 5) is 6.68. The van der Waals surface area contributed by atoms with Crippen molar-refractivity contribution in [2.24, 2.45) is 0 Å². The van der Waals surface area contributed by atoms with Gasteiger partial charge in [-0.15, -0.1) is 0 Å². The highest BCUT2D eigenvalue weighted by molar-refractivity contribution is 5.74. The Balaban J connectivity index is 2.22. The molecule has 0 saturated carbocycles. The van der Waals surface area contributed by atoms with Gasteiger partial charge in [0, 0.05) is 6.42 Å². The zero-order chi connectivity index (χ0) is 11.8. The molecule has 0 saturated heterocycles. The molecule has 0 aliphatic heterocycles. The summed E-state index contributed by atoms with van der Waals surface area (Å²) in [6.07, 6.45) is -7.55. The van der Waals surface area contributed by atoms with Gasteiger partial charge in [0.05, 0.1) is 11.0 Å². The normalized spacial score (nSPS) is 14.2. The first-order valence-electron chi connectivity index (χ1n) is 4.65. The monoisotopic (exact) mass is 230 g/mol. The summed E-state index contributed by atoms with van der Waals surface area (Å²) in [5.74, 6) is 0.131. The molecule has 6 heteroatoms. The molecule has 0 aliphatic rings. The molecule has 1 heterocycles. The number of hydrogen-bond donors (Lipinski definition) is 2. The molecule has 1 unspecified atom stereocenters. The Hall–Kier alpha value is -1.56. The van der Waals surface area contributed by atoms with E-state index in [4.69, 9.17) is 5.11 Å². The lowest BCUT2D eigenvalue weighted by atomic mass is 10.2. The zero-order valence-corrected chi connectivity index (χ0v) is 8.12. The average molecular weight is 230 g/mol. The molecule has 0 aliphatic carbocycles. The summed E-state index contributed by atoms with van der Waals surface area (Å²) in [6, 6.07) is 6.90.